The van der Waals surface area contributed by atoms with Crippen LogP contribution in [0, 0.1) is 5.92 Å². The summed E-state index contributed by atoms with van der Waals surface area (Å²) in [5.41, 5.74) is 0. The number of hydrogen-bond acceptors (Lipinski definition) is 2. The van der Waals surface area contributed by atoms with Crippen molar-refractivity contribution in [2.75, 3.05) is 19.6 Å². The van der Waals surface area contributed by atoms with Crippen molar-refractivity contribution in [3.05, 3.63) is 0 Å². The highest BCUT2D eigenvalue weighted by molar-refractivity contribution is 4.85. The summed E-state index contributed by atoms with van der Waals surface area (Å²) in [6.07, 6.45) is 9.80. The molecule has 1 aliphatic carbocycles. The first-order valence-corrected chi connectivity index (χ1v) is 7.80. The molecule has 0 amide bonds. The molecular formula is C15H30N2. The van der Waals surface area contributed by atoms with Crippen molar-refractivity contribution in [1.82, 2.24) is 10.2 Å². The molecule has 1 saturated heterocycles. The van der Waals surface area contributed by atoms with E-state index in [0.29, 0.717) is 0 Å². The Morgan fingerprint density at radius 2 is 2.12 bits per heavy atom. The van der Waals surface area contributed by atoms with Crippen molar-refractivity contribution in [2.24, 2.45) is 5.92 Å². The van der Waals surface area contributed by atoms with Crippen LogP contribution >= 0.6 is 0 Å². The zero-order valence-corrected chi connectivity index (χ0v) is 11.8. The summed E-state index contributed by atoms with van der Waals surface area (Å²) in [4.78, 5) is 2.79. The number of rotatable bonds is 6. The smallest absolute Gasteiger partial charge is 0.0195 e. The molecule has 0 aromatic carbocycles. The molecule has 100 valence electrons. The molecule has 2 nitrogen and oxygen atoms in total. The van der Waals surface area contributed by atoms with E-state index in [2.05, 4.69) is 24.1 Å². The largest absolute Gasteiger partial charge is 0.313 e. The summed E-state index contributed by atoms with van der Waals surface area (Å²) in [6, 6.07) is 1.61. The van der Waals surface area contributed by atoms with Crippen LogP contribution in [0.3, 0.4) is 0 Å². The normalized spacial score (nSPS) is 28.9. The van der Waals surface area contributed by atoms with Crippen molar-refractivity contribution >= 4 is 0 Å². The molecule has 0 aromatic rings. The molecule has 2 aliphatic rings. The molecule has 17 heavy (non-hydrogen) atoms. The molecule has 1 saturated carbocycles. The lowest BCUT2D eigenvalue weighted by Crippen LogP contribution is -2.42. The zero-order valence-electron chi connectivity index (χ0n) is 11.8. The highest BCUT2D eigenvalue weighted by Gasteiger charge is 2.29. The minimum atomic E-state index is 0.746. The van der Waals surface area contributed by atoms with Crippen LogP contribution in [0.25, 0.3) is 0 Å². The summed E-state index contributed by atoms with van der Waals surface area (Å²) in [5, 5.41) is 3.72. The Labute approximate surface area is 107 Å². The van der Waals surface area contributed by atoms with E-state index in [-0.39, 0.29) is 0 Å². The van der Waals surface area contributed by atoms with Gasteiger partial charge in [-0.1, -0.05) is 33.1 Å². The first kappa shape index (κ1) is 13.4. The Morgan fingerprint density at radius 3 is 2.76 bits per heavy atom. The van der Waals surface area contributed by atoms with E-state index in [9.17, 15) is 0 Å². The third kappa shape index (κ3) is 4.26. The molecule has 0 spiro atoms. The van der Waals surface area contributed by atoms with E-state index in [1.807, 2.05) is 0 Å². The topological polar surface area (TPSA) is 15.3 Å². The van der Waals surface area contributed by atoms with Crippen LogP contribution in [0.5, 0.6) is 0 Å². The van der Waals surface area contributed by atoms with Crippen molar-refractivity contribution in [3.8, 4) is 0 Å². The Balaban J connectivity index is 1.86. The molecule has 1 N–H and O–H groups in total. The average Bonchev–Trinajstić information content (AvgIpc) is 3.13. The Morgan fingerprint density at radius 1 is 1.29 bits per heavy atom. The van der Waals surface area contributed by atoms with Gasteiger partial charge in [-0.05, 0) is 44.7 Å². The van der Waals surface area contributed by atoms with Crippen LogP contribution in [0.15, 0.2) is 0 Å². The van der Waals surface area contributed by atoms with Gasteiger partial charge in [0.15, 0.2) is 0 Å². The van der Waals surface area contributed by atoms with Crippen LogP contribution in [0.1, 0.15) is 58.8 Å². The maximum absolute atomic E-state index is 3.72. The molecule has 2 unspecified atom stereocenters. The lowest BCUT2D eigenvalue weighted by molar-refractivity contribution is 0.170. The molecule has 0 aromatic heterocycles. The fraction of sp³-hybridized carbons (Fsp3) is 1.00. The Hall–Kier alpha value is -0.0800. The zero-order chi connectivity index (χ0) is 12.1. The van der Waals surface area contributed by atoms with Gasteiger partial charge in [-0.2, -0.15) is 0 Å². The summed E-state index contributed by atoms with van der Waals surface area (Å²) >= 11 is 0. The number of hydrogen-bond donors (Lipinski definition) is 1. The van der Waals surface area contributed by atoms with Crippen molar-refractivity contribution in [3.63, 3.8) is 0 Å². The van der Waals surface area contributed by atoms with Crippen LogP contribution in [-0.2, 0) is 0 Å². The third-order valence-electron chi connectivity index (χ3n) is 4.44. The number of nitrogens with zero attached hydrogens (tertiary/aromatic N) is 1. The lowest BCUT2D eigenvalue weighted by Gasteiger charge is -2.32. The SMILES string of the molecule is CCCC1CN(C(CC)CC2CC2)CCCN1. The van der Waals surface area contributed by atoms with E-state index in [4.69, 9.17) is 0 Å². The standard InChI is InChI=1S/C15H30N2/c1-3-6-14-12-17(10-5-9-16-14)15(4-2)11-13-7-8-13/h13-16H,3-12H2,1-2H3. The monoisotopic (exact) mass is 238 g/mol. The minimum absolute atomic E-state index is 0.746. The van der Waals surface area contributed by atoms with E-state index in [1.165, 1.54) is 64.6 Å². The average molecular weight is 238 g/mol. The summed E-state index contributed by atoms with van der Waals surface area (Å²) < 4.78 is 0. The van der Waals surface area contributed by atoms with E-state index >= 15 is 0 Å². The third-order valence-corrected chi connectivity index (χ3v) is 4.44. The summed E-state index contributed by atoms with van der Waals surface area (Å²) in [6.45, 7) is 8.51. The lowest BCUT2D eigenvalue weighted by atomic mass is 10.0. The molecule has 2 atom stereocenters. The fourth-order valence-corrected chi connectivity index (χ4v) is 3.21. The van der Waals surface area contributed by atoms with Gasteiger partial charge < -0.3 is 5.32 Å². The summed E-state index contributed by atoms with van der Waals surface area (Å²) in [7, 11) is 0. The molecule has 1 aliphatic heterocycles. The minimum Gasteiger partial charge on any atom is -0.313 e. The summed E-state index contributed by atoms with van der Waals surface area (Å²) in [5.74, 6) is 1.07. The van der Waals surface area contributed by atoms with E-state index < -0.39 is 0 Å². The van der Waals surface area contributed by atoms with Gasteiger partial charge >= 0.3 is 0 Å². The van der Waals surface area contributed by atoms with Crippen LogP contribution in [-0.4, -0.2) is 36.6 Å². The van der Waals surface area contributed by atoms with Gasteiger partial charge in [0.2, 0.25) is 0 Å². The van der Waals surface area contributed by atoms with Crippen LogP contribution in [0.2, 0.25) is 0 Å². The van der Waals surface area contributed by atoms with Crippen molar-refractivity contribution in [1.29, 1.82) is 0 Å². The Kier molecular flexibility index (Phi) is 5.30. The second-order valence-corrected chi connectivity index (χ2v) is 6.03. The van der Waals surface area contributed by atoms with Gasteiger partial charge in [0, 0.05) is 18.6 Å². The van der Waals surface area contributed by atoms with Crippen molar-refractivity contribution < 1.29 is 0 Å². The second-order valence-electron chi connectivity index (χ2n) is 6.03. The first-order valence-electron chi connectivity index (χ1n) is 7.80. The molecular weight excluding hydrogens is 208 g/mol. The van der Waals surface area contributed by atoms with Gasteiger partial charge in [-0.25, -0.2) is 0 Å². The molecule has 0 radical (unpaired) electrons. The van der Waals surface area contributed by atoms with Gasteiger partial charge in [0.25, 0.3) is 0 Å². The van der Waals surface area contributed by atoms with Gasteiger partial charge in [0.1, 0.15) is 0 Å². The molecule has 2 heteroatoms. The Bertz CT molecular complexity index is 213. The molecule has 2 rings (SSSR count). The van der Waals surface area contributed by atoms with Crippen LogP contribution in [0.4, 0.5) is 0 Å². The highest BCUT2D eigenvalue weighted by atomic mass is 15.2. The predicted octanol–water partition coefficient (Wildman–Crippen LogP) is 3.03. The first-order chi connectivity index (χ1) is 8.33. The van der Waals surface area contributed by atoms with Crippen molar-refractivity contribution in [2.45, 2.75) is 70.9 Å². The van der Waals surface area contributed by atoms with E-state index in [0.717, 1.165) is 18.0 Å². The highest BCUT2D eigenvalue weighted by Crippen LogP contribution is 2.35. The maximum atomic E-state index is 3.72. The molecule has 2 fully saturated rings. The molecule has 1 heterocycles. The molecule has 0 bridgehead atoms. The van der Waals surface area contributed by atoms with E-state index in [1.54, 1.807) is 0 Å². The number of nitrogens with one attached hydrogen (secondary N) is 1. The second kappa shape index (κ2) is 6.75. The quantitative estimate of drug-likeness (QED) is 0.765. The van der Waals surface area contributed by atoms with Gasteiger partial charge in [-0.3, -0.25) is 4.90 Å². The fourth-order valence-electron chi connectivity index (χ4n) is 3.21. The van der Waals surface area contributed by atoms with Crippen LogP contribution < -0.4 is 5.32 Å². The maximum Gasteiger partial charge on any atom is 0.0195 e. The van der Waals surface area contributed by atoms with Gasteiger partial charge in [0.05, 0.1) is 0 Å². The predicted molar refractivity (Wildman–Crippen MR) is 74.3 cm³/mol. The van der Waals surface area contributed by atoms with Gasteiger partial charge in [-0.15, -0.1) is 0 Å².